The molecule has 0 bridgehead atoms. The largest absolute Gasteiger partial charge is 0.299 e. The van der Waals surface area contributed by atoms with Gasteiger partial charge < -0.3 is 0 Å². The Bertz CT molecular complexity index is 138. The molecule has 0 aromatic heterocycles. The number of hydrogen-bond donors (Lipinski definition) is 0. The summed E-state index contributed by atoms with van der Waals surface area (Å²) >= 11 is 2.14. The van der Waals surface area contributed by atoms with Gasteiger partial charge in [0.1, 0.15) is 5.78 Å². The third-order valence-electron chi connectivity index (χ3n) is 2.26. The summed E-state index contributed by atoms with van der Waals surface area (Å²) in [6, 6.07) is 0. The van der Waals surface area contributed by atoms with Crippen LogP contribution in [-0.4, -0.2) is 10.2 Å². The Kier molecular flexibility index (Phi) is 2.72. The number of halogens is 1. The summed E-state index contributed by atoms with van der Waals surface area (Å²) in [6.07, 6.45) is 4.59. The van der Waals surface area contributed by atoms with Crippen LogP contribution in [0, 0.1) is 5.41 Å². The first-order valence-corrected chi connectivity index (χ1v) is 5.26. The van der Waals surface area contributed by atoms with E-state index in [0.29, 0.717) is 15.6 Å². The molecule has 1 rings (SSSR count). The molecule has 10 heavy (non-hydrogen) atoms. The van der Waals surface area contributed by atoms with E-state index < -0.39 is 0 Å². The number of ketones is 1. The van der Waals surface area contributed by atoms with E-state index in [-0.39, 0.29) is 0 Å². The predicted molar refractivity (Wildman–Crippen MR) is 50.5 cm³/mol. The standard InChI is InChI=1S/C8H13IO/c1-8(4-5-8)3-2-7(10)6-9/h2-6H2,1H3. The number of carbonyl (C=O) groups excluding carboxylic acids is 1. The first-order chi connectivity index (χ1) is 4.66. The molecule has 0 saturated heterocycles. The molecule has 0 heterocycles. The van der Waals surface area contributed by atoms with Crippen LogP contribution < -0.4 is 0 Å². The zero-order valence-corrected chi connectivity index (χ0v) is 8.48. The van der Waals surface area contributed by atoms with Crippen LogP contribution in [0.3, 0.4) is 0 Å². The van der Waals surface area contributed by atoms with Crippen molar-refractivity contribution in [1.82, 2.24) is 0 Å². The lowest BCUT2D eigenvalue weighted by Crippen LogP contribution is -2.02. The average molecular weight is 252 g/mol. The van der Waals surface area contributed by atoms with Crippen LogP contribution in [0.15, 0.2) is 0 Å². The van der Waals surface area contributed by atoms with Crippen LogP contribution >= 0.6 is 22.6 Å². The molecular weight excluding hydrogens is 239 g/mol. The van der Waals surface area contributed by atoms with Gasteiger partial charge in [-0.15, -0.1) is 0 Å². The van der Waals surface area contributed by atoms with Crippen LogP contribution in [0.4, 0.5) is 0 Å². The maximum absolute atomic E-state index is 10.9. The first-order valence-electron chi connectivity index (χ1n) is 3.74. The highest BCUT2D eigenvalue weighted by molar-refractivity contribution is 14.1. The Labute approximate surface area is 75.7 Å². The molecule has 0 aromatic carbocycles. The molecule has 1 saturated carbocycles. The second kappa shape index (κ2) is 3.20. The summed E-state index contributed by atoms with van der Waals surface area (Å²) in [7, 11) is 0. The predicted octanol–water partition coefficient (Wildman–Crippen LogP) is 2.57. The SMILES string of the molecule is CC1(CCC(=O)CI)CC1. The van der Waals surface area contributed by atoms with Crippen LogP contribution in [0.5, 0.6) is 0 Å². The van der Waals surface area contributed by atoms with Gasteiger partial charge in [0.25, 0.3) is 0 Å². The van der Waals surface area contributed by atoms with Crippen LogP contribution in [0.2, 0.25) is 0 Å². The summed E-state index contributed by atoms with van der Waals surface area (Å²) in [6.45, 7) is 2.27. The Balaban J connectivity index is 2.10. The first kappa shape index (κ1) is 8.50. The topological polar surface area (TPSA) is 17.1 Å². The third-order valence-corrected chi connectivity index (χ3v) is 3.11. The Morgan fingerprint density at radius 3 is 2.60 bits per heavy atom. The van der Waals surface area contributed by atoms with Crippen molar-refractivity contribution >= 4 is 28.4 Å². The van der Waals surface area contributed by atoms with Crippen molar-refractivity contribution in [2.45, 2.75) is 32.6 Å². The van der Waals surface area contributed by atoms with Crippen molar-refractivity contribution in [3.05, 3.63) is 0 Å². The van der Waals surface area contributed by atoms with Crippen LogP contribution in [0.1, 0.15) is 32.6 Å². The van der Waals surface area contributed by atoms with Gasteiger partial charge in [-0.3, -0.25) is 4.79 Å². The molecule has 0 N–H and O–H groups in total. The van der Waals surface area contributed by atoms with Crippen LogP contribution in [0.25, 0.3) is 0 Å². The Hall–Kier alpha value is 0.400. The number of alkyl halides is 1. The minimum absolute atomic E-state index is 0.411. The zero-order chi connectivity index (χ0) is 7.61. The fourth-order valence-electron chi connectivity index (χ4n) is 0.971. The van der Waals surface area contributed by atoms with E-state index in [1.165, 1.54) is 12.8 Å². The zero-order valence-electron chi connectivity index (χ0n) is 6.32. The summed E-state index contributed by atoms with van der Waals surface area (Å²) in [4.78, 5) is 10.9. The molecule has 0 atom stereocenters. The minimum atomic E-state index is 0.411. The van der Waals surface area contributed by atoms with E-state index in [4.69, 9.17) is 0 Å². The van der Waals surface area contributed by atoms with Gasteiger partial charge in [0.05, 0.1) is 4.43 Å². The molecule has 0 aromatic rings. The molecular formula is C8H13IO. The van der Waals surface area contributed by atoms with E-state index in [2.05, 4.69) is 29.5 Å². The smallest absolute Gasteiger partial charge is 0.142 e. The second-order valence-corrected chi connectivity index (χ2v) is 4.25. The molecule has 0 amide bonds. The fraction of sp³-hybridized carbons (Fsp3) is 0.875. The Morgan fingerprint density at radius 2 is 2.20 bits per heavy atom. The van der Waals surface area contributed by atoms with E-state index in [1.54, 1.807) is 0 Å². The van der Waals surface area contributed by atoms with Crippen molar-refractivity contribution in [3.8, 4) is 0 Å². The van der Waals surface area contributed by atoms with Crippen molar-refractivity contribution < 1.29 is 4.79 Å². The highest BCUT2D eigenvalue weighted by Crippen LogP contribution is 2.48. The van der Waals surface area contributed by atoms with E-state index in [9.17, 15) is 4.79 Å². The molecule has 2 heteroatoms. The Morgan fingerprint density at radius 1 is 1.60 bits per heavy atom. The molecule has 0 spiro atoms. The normalized spacial score (nSPS) is 20.6. The van der Waals surface area contributed by atoms with Gasteiger partial charge in [-0.1, -0.05) is 29.5 Å². The molecule has 0 aliphatic heterocycles. The maximum atomic E-state index is 10.9. The fourth-order valence-corrected chi connectivity index (χ4v) is 1.35. The highest BCUT2D eigenvalue weighted by atomic mass is 127. The minimum Gasteiger partial charge on any atom is -0.299 e. The lowest BCUT2D eigenvalue weighted by molar-refractivity contribution is -0.116. The summed E-state index contributed by atoms with van der Waals surface area (Å²) < 4.78 is 0.688. The number of Topliss-reactive ketones (excluding diaryl/α,β-unsaturated/α-hetero) is 1. The van der Waals surface area contributed by atoms with Gasteiger partial charge in [-0.05, 0) is 24.7 Å². The van der Waals surface area contributed by atoms with E-state index in [0.717, 1.165) is 12.8 Å². The molecule has 0 unspecified atom stereocenters. The molecule has 1 fully saturated rings. The lowest BCUT2D eigenvalue weighted by Gasteiger charge is -2.04. The lowest BCUT2D eigenvalue weighted by atomic mass is 10.0. The van der Waals surface area contributed by atoms with Crippen LogP contribution in [-0.2, 0) is 4.79 Å². The highest BCUT2D eigenvalue weighted by Gasteiger charge is 2.36. The van der Waals surface area contributed by atoms with Crippen molar-refractivity contribution in [2.24, 2.45) is 5.41 Å². The third kappa shape index (κ3) is 2.56. The van der Waals surface area contributed by atoms with Gasteiger partial charge in [-0.2, -0.15) is 0 Å². The molecule has 0 radical (unpaired) electrons. The summed E-state index contributed by atoms with van der Waals surface area (Å²) in [5, 5.41) is 0. The van der Waals surface area contributed by atoms with Gasteiger partial charge >= 0.3 is 0 Å². The average Bonchev–Trinajstić information content (AvgIpc) is 2.64. The molecule has 1 aliphatic carbocycles. The summed E-state index contributed by atoms with van der Waals surface area (Å²) in [5.41, 5.74) is 0.557. The molecule has 1 nitrogen and oxygen atoms in total. The number of rotatable bonds is 4. The second-order valence-electron chi connectivity index (χ2n) is 3.48. The number of hydrogen-bond acceptors (Lipinski definition) is 1. The number of carbonyl (C=O) groups is 1. The van der Waals surface area contributed by atoms with Gasteiger partial charge in [-0.25, -0.2) is 0 Å². The van der Waals surface area contributed by atoms with E-state index in [1.807, 2.05) is 0 Å². The van der Waals surface area contributed by atoms with Gasteiger partial charge in [0.2, 0.25) is 0 Å². The van der Waals surface area contributed by atoms with Crippen molar-refractivity contribution in [2.75, 3.05) is 4.43 Å². The van der Waals surface area contributed by atoms with Crippen molar-refractivity contribution in [1.29, 1.82) is 0 Å². The molecule has 58 valence electrons. The molecule has 1 aliphatic rings. The van der Waals surface area contributed by atoms with Gasteiger partial charge in [0.15, 0.2) is 0 Å². The van der Waals surface area contributed by atoms with E-state index >= 15 is 0 Å². The monoisotopic (exact) mass is 252 g/mol. The quantitative estimate of drug-likeness (QED) is 0.555. The van der Waals surface area contributed by atoms with Gasteiger partial charge in [0, 0.05) is 6.42 Å². The maximum Gasteiger partial charge on any atom is 0.142 e. The van der Waals surface area contributed by atoms with Crippen molar-refractivity contribution in [3.63, 3.8) is 0 Å². The summed E-state index contributed by atoms with van der Waals surface area (Å²) in [5.74, 6) is 0.411.